The fourth-order valence-corrected chi connectivity index (χ4v) is 3.26. The van der Waals surface area contributed by atoms with Crippen molar-refractivity contribution in [2.45, 2.75) is 6.04 Å². The van der Waals surface area contributed by atoms with E-state index < -0.39 is 0 Å². The minimum Gasteiger partial charge on any atom is -0.383 e. The van der Waals surface area contributed by atoms with Crippen molar-refractivity contribution in [2.75, 3.05) is 30.8 Å². The second-order valence-corrected chi connectivity index (χ2v) is 5.75. The minimum atomic E-state index is 0.203. The van der Waals surface area contributed by atoms with Gasteiger partial charge >= 0.3 is 0 Å². The van der Waals surface area contributed by atoms with Crippen LogP contribution in [0.3, 0.4) is 0 Å². The van der Waals surface area contributed by atoms with Crippen LogP contribution in [0.2, 0.25) is 0 Å². The van der Waals surface area contributed by atoms with Gasteiger partial charge in [0.05, 0.1) is 12.2 Å². The van der Waals surface area contributed by atoms with Gasteiger partial charge in [0, 0.05) is 25.1 Å². The summed E-state index contributed by atoms with van der Waals surface area (Å²) in [5, 5.41) is 8.16. The first-order chi connectivity index (χ1) is 9.16. The summed E-state index contributed by atoms with van der Waals surface area (Å²) in [4.78, 5) is 6.71. The Morgan fingerprint density at radius 1 is 1.47 bits per heavy atom. The van der Waals surface area contributed by atoms with Crippen LogP contribution >= 0.6 is 11.8 Å². The molecule has 102 valence electrons. The molecule has 8 heteroatoms. The Labute approximate surface area is 115 Å². The average Bonchev–Trinajstić information content (AvgIpc) is 2.99. The number of hydrogen-bond donors (Lipinski definition) is 1. The van der Waals surface area contributed by atoms with Crippen molar-refractivity contribution in [3.05, 3.63) is 12.0 Å². The highest BCUT2D eigenvalue weighted by Gasteiger charge is 2.26. The molecule has 0 amide bonds. The molecule has 0 spiro atoms. The van der Waals surface area contributed by atoms with E-state index in [9.17, 15) is 0 Å². The van der Waals surface area contributed by atoms with E-state index in [1.165, 1.54) is 0 Å². The van der Waals surface area contributed by atoms with E-state index >= 15 is 0 Å². The van der Waals surface area contributed by atoms with Gasteiger partial charge in [-0.2, -0.15) is 21.8 Å². The van der Waals surface area contributed by atoms with Crippen molar-refractivity contribution < 1.29 is 4.52 Å². The van der Waals surface area contributed by atoms with Crippen molar-refractivity contribution in [2.24, 2.45) is 7.05 Å². The van der Waals surface area contributed by atoms with Gasteiger partial charge in [-0.15, -0.1) is 0 Å². The van der Waals surface area contributed by atoms with Gasteiger partial charge in [0.25, 0.3) is 5.89 Å². The summed E-state index contributed by atoms with van der Waals surface area (Å²) in [6, 6.07) is 0.203. The number of rotatable bonds is 2. The van der Waals surface area contributed by atoms with Crippen LogP contribution in [0.25, 0.3) is 11.5 Å². The Balaban J connectivity index is 1.89. The van der Waals surface area contributed by atoms with Crippen molar-refractivity contribution in [3.8, 4) is 11.5 Å². The molecule has 1 atom stereocenters. The van der Waals surface area contributed by atoms with Crippen LogP contribution in [0, 0.1) is 0 Å². The number of aromatic nitrogens is 4. The zero-order valence-corrected chi connectivity index (χ0v) is 11.7. The van der Waals surface area contributed by atoms with Gasteiger partial charge in [0.15, 0.2) is 5.82 Å². The molecule has 7 nitrogen and oxygen atoms in total. The molecule has 2 aromatic heterocycles. The monoisotopic (exact) mass is 280 g/mol. The van der Waals surface area contributed by atoms with Crippen LogP contribution in [0.4, 0.5) is 5.82 Å². The molecule has 3 heterocycles. The standard InChI is InChI=1S/C11H16N6OS/c1-16-3-4-19-6-8(16)10-14-11(18-15-10)7-5-13-17(2)9(7)12/h5,8H,3-4,6,12H2,1-2H3. The van der Waals surface area contributed by atoms with Gasteiger partial charge in [-0.1, -0.05) is 5.16 Å². The first kappa shape index (κ1) is 12.5. The molecular weight excluding hydrogens is 264 g/mol. The van der Waals surface area contributed by atoms with E-state index in [1.807, 2.05) is 11.8 Å². The number of anilines is 1. The van der Waals surface area contributed by atoms with Gasteiger partial charge in [-0.25, -0.2) is 0 Å². The lowest BCUT2D eigenvalue weighted by Crippen LogP contribution is -2.33. The number of nitrogen functional groups attached to an aromatic ring is 1. The van der Waals surface area contributed by atoms with E-state index in [2.05, 4.69) is 27.2 Å². The number of nitrogens with two attached hydrogens (primary N) is 1. The number of nitrogens with zero attached hydrogens (tertiary/aromatic N) is 5. The number of thioether (sulfide) groups is 1. The summed E-state index contributed by atoms with van der Waals surface area (Å²) in [5.41, 5.74) is 6.60. The Bertz CT molecular complexity index is 580. The Morgan fingerprint density at radius 2 is 2.32 bits per heavy atom. The largest absolute Gasteiger partial charge is 0.383 e. The van der Waals surface area contributed by atoms with E-state index in [1.54, 1.807) is 17.9 Å². The summed E-state index contributed by atoms with van der Waals surface area (Å²) in [6.07, 6.45) is 1.64. The molecule has 2 aromatic rings. The highest BCUT2D eigenvalue weighted by Crippen LogP contribution is 2.29. The summed E-state index contributed by atoms with van der Waals surface area (Å²) in [7, 11) is 3.86. The summed E-state index contributed by atoms with van der Waals surface area (Å²) in [6.45, 7) is 1.04. The Morgan fingerprint density at radius 3 is 3.00 bits per heavy atom. The van der Waals surface area contributed by atoms with Gasteiger partial charge in [-0.05, 0) is 7.05 Å². The fourth-order valence-electron chi connectivity index (χ4n) is 2.05. The molecular formula is C11H16N6OS. The van der Waals surface area contributed by atoms with Crippen molar-refractivity contribution >= 4 is 17.6 Å². The highest BCUT2D eigenvalue weighted by molar-refractivity contribution is 7.99. The minimum absolute atomic E-state index is 0.203. The first-order valence-electron chi connectivity index (χ1n) is 6.06. The second-order valence-electron chi connectivity index (χ2n) is 4.60. The van der Waals surface area contributed by atoms with Crippen LogP contribution < -0.4 is 5.73 Å². The molecule has 19 heavy (non-hydrogen) atoms. The maximum absolute atomic E-state index is 5.91. The maximum Gasteiger partial charge on any atom is 0.263 e. The van der Waals surface area contributed by atoms with Gasteiger partial charge in [-0.3, -0.25) is 9.58 Å². The molecule has 1 aliphatic rings. The van der Waals surface area contributed by atoms with Crippen molar-refractivity contribution in [3.63, 3.8) is 0 Å². The lowest BCUT2D eigenvalue weighted by atomic mass is 10.2. The highest BCUT2D eigenvalue weighted by atomic mass is 32.2. The van der Waals surface area contributed by atoms with E-state index in [-0.39, 0.29) is 6.04 Å². The SMILES string of the molecule is CN1CCSCC1c1noc(-c2cnn(C)c2N)n1. The van der Waals surface area contributed by atoms with Gasteiger partial charge < -0.3 is 10.3 Å². The third kappa shape index (κ3) is 2.21. The predicted molar refractivity (Wildman–Crippen MR) is 73.6 cm³/mol. The molecule has 1 aliphatic heterocycles. The van der Waals surface area contributed by atoms with Crippen LogP contribution in [-0.4, -0.2) is 49.9 Å². The molecule has 0 saturated carbocycles. The van der Waals surface area contributed by atoms with Crippen LogP contribution in [0.1, 0.15) is 11.9 Å². The van der Waals surface area contributed by atoms with Crippen LogP contribution in [-0.2, 0) is 7.05 Å². The summed E-state index contributed by atoms with van der Waals surface area (Å²) in [5.74, 6) is 3.81. The third-order valence-electron chi connectivity index (χ3n) is 3.35. The normalized spacial score (nSPS) is 20.8. The van der Waals surface area contributed by atoms with Crippen molar-refractivity contribution in [1.29, 1.82) is 0 Å². The molecule has 1 saturated heterocycles. The van der Waals surface area contributed by atoms with E-state index in [0.717, 1.165) is 18.1 Å². The average molecular weight is 280 g/mol. The quantitative estimate of drug-likeness (QED) is 0.869. The van der Waals surface area contributed by atoms with Crippen LogP contribution in [0.5, 0.6) is 0 Å². The molecule has 1 unspecified atom stereocenters. The first-order valence-corrected chi connectivity index (χ1v) is 7.21. The number of aryl methyl sites for hydroxylation is 1. The molecule has 3 rings (SSSR count). The molecule has 0 bridgehead atoms. The van der Waals surface area contributed by atoms with Crippen LogP contribution in [0.15, 0.2) is 10.7 Å². The van der Waals surface area contributed by atoms with E-state index in [4.69, 9.17) is 10.3 Å². The smallest absolute Gasteiger partial charge is 0.263 e. The third-order valence-corrected chi connectivity index (χ3v) is 4.37. The zero-order valence-electron chi connectivity index (χ0n) is 10.9. The zero-order chi connectivity index (χ0) is 13.4. The Kier molecular flexibility index (Phi) is 3.19. The van der Waals surface area contributed by atoms with Gasteiger partial charge in [0.1, 0.15) is 11.4 Å². The predicted octanol–water partition coefficient (Wildman–Crippen LogP) is 0.772. The molecule has 1 fully saturated rings. The van der Waals surface area contributed by atoms with Crippen molar-refractivity contribution in [1.82, 2.24) is 24.8 Å². The molecule has 0 radical (unpaired) electrons. The second kappa shape index (κ2) is 4.86. The van der Waals surface area contributed by atoms with Gasteiger partial charge in [0.2, 0.25) is 0 Å². The summed E-state index contributed by atoms with van der Waals surface area (Å²) < 4.78 is 6.90. The Hall–Kier alpha value is -1.54. The lowest BCUT2D eigenvalue weighted by molar-refractivity contribution is 0.257. The molecule has 0 aliphatic carbocycles. The molecule has 2 N–H and O–H groups in total. The molecule has 0 aromatic carbocycles. The summed E-state index contributed by atoms with van der Waals surface area (Å²) >= 11 is 1.91. The topological polar surface area (TPSA) is 86.0 Å². The van der Waals surface area contributed by atoms with E-state index in [0.29, 0.717) is 23.1 Å². The lowest BCUT2D eigenvalue weighted by Gasteiger charge is -2.29. The number of hydrogen-bond acceptors (Lipinski definition) is 7. The maximum atomic E-state index is 5.91. The fraction of sp³-hybridized carbons (Fsp3) is 0.545.